The van der Waals surface area contributed by atoms with Crippen LogP contribution in [0.4, 0.5) is 5.69 Å². The summed E-state index contributed by atoms with van der Waals surface area (Å²) in [4.78, 5) is 11.7. The van der Waals surface area contributed by atoms with Gasteiger partial charge in [-0.25, -0.2) is 5.43 Å². The fraction of sp³-hybridized carbons (Fsp3) is 0.125. The minimum absolute atomic E-state index is 0.164. The van der Waals surface area contributed by atoms with Gasteiger partial charge in [0.05, 0.1) is 12.8 Å². The number of aryl methyl sites for hydroxylation is 1. The van der Waals surface area contributed by atoms with Crippen molar-refractivity contribution in [3.63, 3.8) is 0 Å². The van der Waals surface area contributed by atoms with Gasteiger partial charge < -0.3 is 5.32 Å². The third-order valence-corrected chi connectivity index (χ3v) is 3.07. The first-order chi connectivity index (χ1) is 10.1. The number of benzene rings is 2. The molecule has 0 atom stereocenters. The SMILES string of the molecule is Cc1ccccc1NCC(=O)NN=Cc1cccc(Cl)c1. The van der Waals surface area contributed by atoms with Crippen LogP contribution in [0.15, 0.2) is 53.6 Å². The minimum Gasteiger partial charge on any atom is -0.376 e. The molecule has 0 saturated heterocycles. The molecule has 21 heavy (non-hydrogen) atoms. The summed E-state index contributed by atoms with van der Waals surface area (Å²) < 4.78 is 0. The quantitative estimate of drug-likeness (QED) is 0.658. The molecule has 0 radical (unpaired) electrons. The Morgan fingerprint density at radius 3 is 2.81 bits per heavy atom. The van der Waals surface area contributed by atoms with Crippen LogP contribution in [-0.2, 0) is 4.79 Å². The normalized spacial score (nSPS) is 10.6. The topological polar surface area (TPSA) is 53.5 Å². The highest BCUT2D eigenvalue weighted by Crippen LogP contribution is 2.12. The van der Waals surface area contributed by atoms with Gasteiger partial charge >= 0.3 is 0 Å². The van der Waals surface area contributed by atoms with E-state index in [2.05, 4.69) is 15.8 Å². The molecule has 0 saturated carbocycles. The standard InChI is InChI=1S/C16H16ClN3O/c1-12-5-2-3-8-15(12)18-11-16(21)20-19-10-13-6-4-7-14(17)9-13/h2-10,18H,11H2,1H3,(H,20,21). The molecule has 2 N–H and O–H groups in total. The Labute approximate surface area is 128 Å². The van der Waals surface area contributed by atoms with Crippen LogP contribution >= 0.6 is 11.6 Å². The molecule has 2 rings (SSSR count). The second kappa shape index (κ2) is 7.45. The van der Waals surface area contributed by atoms with E-state index in [0.29, 0.717) is 5.02 Å². The molecule has 108 valence electrons. The number of para-hydroxylation sites is 1. The van der Waals surface area contributed by atoms with Gasteiger partial charge in [0.2, 0.25) is 0 Å². The monoisotopic (exact) mass is 301 g/mol. The highest BCUT2D eigenvalue weighted by molar-refractivity contribution is 6.30. The highest BCUT2D eigenvalue weighted by atomic mass is 35.5. The van der Waals surface area contributed by atoms with Crippen LogP contribution in [0.2, 0.25) is 5.02 Å². The van der Waals surface area contributed by atoms with E-state index in [4.69, 9.17) is 11.6 Å². The molecular weight excluding hydrogens is 286 g/mol. The van der Waals surface area contributed by atoms with E-state index in [9.17, 15) is 4.79 Å². The maximum absolute atomic E-state index is 11.7. The summed E-state index contributed by atoms with van der Waals surface area (Å²) in [5, 5.41) is 7.59. The number of hydrogen-bond acceptors (Lipinski definition) is 3. The molecule has 1 amide bonds. The summed E-state index contributed by atoms with van der Waals surface area (Å²) in [5.74, 6) is -0.212. The molecule has 0 aliphatic heterocycles. The minimum atomic E-state index is -0.212. The Hall–Kier alpha value is -2.33. The molecule has 5 heteroatoms. The van der Waals surface area contributed by atoms with Gasteiger partial charge in [-0.15, -0.1) is 0 Å². The smallest absolute Gasteiger partial charge is 0.259 e. The second-order valence-electron chi connectivity index (χ2n) is 4.52. The van der Waals surface area contributed by atoms with E-state index in [-0.39, 0.29) is 12.5 Å². The van der Waals surface area contributed by atoms with Crippen molar-refractivity contribution in [2.24, 2.45) is 5.10 Å². The number of carbonyl (C=O) groups excluding carboxylic acids is 1. The Balaban J connectivity index is 1.81. The fourth-order valence-electron chi connectivity index (χ4n) is 1.75. The van der Waals surface area contributed by atoms with Gasteiger partial charge in [0.1, 0.15) is 0 Å². The number of nitrogens with one attached hydrogen (secondary N) is 2. The van der Waals surface area contributed by atoms with Crippen molar-refractivity contribution in [3.8, 4) is 0 Å². The number of hydrazone groups is 1. The lowest BCUT2D eigenvalue weighted by Crippen LogP contribution is -2.26. The summed E-state index contributed by atoms with van der Waals surface area (Å²) in [7, 11) is 0. The van der Waals surface area contributed by atoms with E-state index in [1.54, 1.807) is 18.3 Å². The Bertz CT molecular complexity index is 655. The van der Waals surface area contributed by atoms with Crippen molar-refractivity contribution in [2.75, 3.05) is 11.9 Å². The lowest BCUT2D eigenvalue weighted by molar-refractivity contribution is -0.119. The van der Waals surface area contributed by atoms with Gasteiger partial charge in [-0.3, -0.25) is 4.79 Å². The zero-order chi connectivity index (χ0) is 15.1. The largest absolute Gasteiger partial charge is 0.376 e. The lowest BCUT2D eigenvalue weighted by atomic mass is 10.2. The van der Waals surface area contributed by atoms with E-state index < -0.39 is 0 Å². The molecule has 0 unspecified atom stereocenters. The number of carbonyl (C=O) groups is 1. The van der Waals surface area contributed by atoms with E-state index >= 15 is 0 Å². The molecule has 4 nitrogen and oxygen atoms in total. The van der Waals surface area contributed by atoms with Crippen molar-refractivity contribution in [3.05, 3.63) is 64.7 Å². The highest BCUT2D eigenvalue weighted by Gasteiger charge is 2.01. The lowest BCUT2D eigenvalue weighted by Gasteiger charge is -2.07. The Kier molecular flexibility index (Phi) is 5.35. The predicted octanol–water partition coefficient (Wildman–Crippen LogP) is 3.21. The zero-order valence-electron chi connectivity index (χ0n) is 11.6. The van der Waals surface area contributed by atoms with Crippen LogP contribution in [0.25, 0.3) is 0 Å². The number of amides is 1. The molecule has 2 aromatic rings. The average molecular weight is 302 g/mol. The van der Waals surface area contributed by atoms with E-state index in [1.807, 2.05) is 43.3 Å². The van der Waals surface area contributed by atoms with Crippen molar-refractivity contribution < 1.29 is 4.79 Å². The molecule has 0 aliphatic rings. The van der Waals surface area contributed by atoms with Crippen LogP contribution in [0.5, 0.6) is 0 Å². The maximum atomic E-state index is 11.7. The molecule has 2 aromatic carbocycles. The van der Waals surface area contributed by atoms with Gasteiger partial charge in [-0.05, 0) is 36.2 Å². The molecule has 0 spiro atoms. The van der Waals surface area contributed by atoms with Gasteiger partial charge in [-0.1, -0.05) is 41.9 Å². The number of nitrogens with zero attached hydrogens (tertiary/aromatic N) is 1. The molecule has 0 fully saturated rings. The van der Waals surface area contributed by atoms with Crippen molar-refractivity contribution >= 4 is 29.4 Å². The first kappa shape index (κ1) is 15.1. The van der Waals surface area contributed by atoms with Crippen molar-refractivity contribution in [1.82, 2.24) is 5.43 Å². The van der Waals surface area contributed by atoms with Crippen LogP contribution in [0, 0.1) is 6.92 Å². The van der Waals surface area contributed by atoms with E-state index in [0.717, 1.165) is 16.8 Å². The van der Waals surface area contributed by atoms with Gasteiger partial charge in [0.15, 0.2) is 0 Å². The molecule has 0 aliphatic carbocycles. The first-order valence-electron chi connectivity index (χ1n) is 6.52. The van der Waals surface area contributed by atoms with Gasteiger partial charge in [0.25, 0.3) is 5.91 Å². The number of hydrogen-bond donors (Lipinski definition) is 2. The van der Waals surface area contributed by atoms with Crippen molar-refractivity contribution in [1.29, 1.82) is 0 Å². The summed E-state index contributed by atoms with van der Waals surface area (Å²) in [6.45, 7) is 2.15. The summed E-state index contributed by atoms with van der Waals surface area (Å²) in [6.07, 6.45) is 1.55. The third-order valence-electron chi connectivity index (χ3n) is 2.84. The van der Waals surface area contributed by atoms with Crippen molar-refractivity contribution in [2.45, 2.75) is 6.92 Å². The Morgan fingerprint density at radius 1 is 1.24 bits per heavy atom. The molecule has 0 heterocycles. The molecule has 0 aromatic heterocycles. The Morgan fingerprint density at radius 2 is 2.05 bits per heavy atom. The van der Waals surface area contributed by atoms with Crippen LogP contribution in [-0.4, -0.2) is 18.7 Å². The van der Waals surface area contributed by atoms with Crippen LogP contribution < -0.4 is 10.7 Å². The number of halogens is 1. The summed E-state index contributed by atoms with van der Waals surface area (Å²) >= 11 is 5.86. The molecular formula is C16H16ClN3O. The predicted molar refractivity (Wildman–Crippen MR) is 86.9 cm³/mol. The first-order valence-corrected chi connectivity index (χ1v) is 6.90. The zero-order valence-corrected chi connectivity index (χ0v) is 12.4. The summed E-state index contributed by atoms with van der Waals surface area (Å²) in [6, 6.07) is 15.0. The van der Waals surface area contributed by atoms with E-state index in [1.165, 1.54) is 0 Å². The molecule has 0 bridgehead atoms. The third kappa shape index (κ3) is 4.93. The second-order valence-corrected chi connectivity index (χ2v) is 4.95. The maximum Gasteiger partial charge on any atom is 0.259 e. The van der Waals surface area contributed by atoms with Crippen LogP contribution in [0.1, 0.15) is 11.1 Å². The van der Waals surface area contributed by atoms with Gasteiger partial charge in [-0.2, -0.15) is 5.10 Å². The summed E-state index contributed by atoms with van der Waals surface area (Å²) in [5.41, 5.74) is 5.32. The van der Waals surface area contributed by atoms with Gasteiger partial charge in [0, 0.05) is 10.7 Å². The fourth-order valence-corrected chi connectivity index (χ4v) is 1.95. The number of rotatable bonds is 5. The number of anilines is 1. The average Bonchev–Trinajstić information content (AvgIpc) is 2.46. The van der Waals surface area contributed by atoms with Crippen LogP contribution in [0.3, 0.4) is 0 Å².